The second-order valence-electron chi connectivity index (χ2n) is 10.7. The van der Waals surface area contributed by atoms with Crippen LogP contribution in [0.1, 0.15) is 37.0 Å². The van der Waals surface area contributed by atoms with Crippen LogP contribution in [-0.2, 0) is 38.7 Å². The molecule has 0 heterocycles. The van der Waals surface area contributed by atoms with Crippen LogP contribution in [0.4, 0.5) is 4.79 Å². The van der Waals surface area contributed by atoms with E-state index in [1.807, 2.05) is 117 Å². The highest BCUT2D eigenvalue weighted by Gasteiger charge is 2.26. The molecule has 0 aromatic heterocycles. The molecular weight excluding hydrogens is 528 g/mol. The van der Waals surface area contributed by atoms with E-state index in [4.69, 9.17) is 9.47 Å². The minimum Gasteiger partial charge on any atom is -0.461 e. The molecule has 0 bridgehead atoms. The standard InChI is InChI=1S/C35H38N2O5/c1-26(2)23-37(20-19-33(38)41-24-27-11-5-3-6-12-27)35(40)36-32(34(39)42-25-28-13-7-4-8-14-28)22-29-17-18-30-15-9-10-16-31(30)21-29/h3-18,21,26,32H,19-20,22-25H2,1-2H3,(H,36,40)/t32-/m0/s1. The first-order chi connectivity index (χ1) is 20.4. The van der Waals surface area contributed by atoms with E-state index in [9.17, 15) is 14.4 Å². The Morgan fingerprint density at radius 1 is 0.714 bits per heavy atom. The first kappa shape index (κ1) is 30.3. The summed E-state index contributed by atoms with van der Waals surface area (Å²) in [5.74, 6) is -0.761. The fourth-order valence-corrected chi connectivity index (χ4v) is 4.62. The van der Waals surface area contributed by atoms with E-state index in [-0.39, 0.29) is 38.5 Å². The van der Waals surface area contributed by atoms with Crippen LogP contribution in [0.2, 0.25) is 0 Å². The summed E-state index contributed by atoms with van der Waals surface area (Å²) in [5.41, 5.74) is 2.65. The highest BCUT2D eigenvalue weighted by Crippen LogP contribution is 2.18. The van der Waals surface area contributed by atoms with Crippen molar-refractivity contribution >= 4 is 28.7 Å². The Morgan fingerprint density at radius 3 is 1.95 bits per heavy atom. The van der Waals surface area contributed by atoms with E-state index >= 15 is 0 Å². The third-order valence-electron chi connectivity index (χ3n) is 6.76. The van der Waals surface area contributed by atoms with Crippen molar-refractivity contribution < 1.29 is 23.9 Å². The first-order valence-electron chi connectivity index (χ1n) is 14.3. The normalized spacial score (nSPS) is 11.6. The predicted octanol–water partition coefficient (Wildman–Crippen LogP) is 6.30. The van der Waals surface area contributed by atoms with Crippen LogP contribution in [0.5, 0.6) is 0 Å². The smallest absolute Gasteiger partial charge is 0.329 e. The Morgan fingerprint density at radius 2 is 1.31 bits per heavy atom. The zero-order valence-corrected chi connectivity index (χ0v) is 24.2. The number of rotatable bonds is 13. The van der Waals surface area contributed by atoms with Gasteiger partial charge < -0.3 is 19.7 Å². The molecule has 7 nitrogen and oxygen atoms in total. The van der Waals surface area contributed by atoms with Crippen molar-refractivity contribution in [3.05, 3.63) is 120 Å². The number of nitrogens with zero attached hydrogens (tertiary/aromatic N) is 1. The van der Waals surface area contributed by atoms with Gasteiger partial charge in [0.2, 0.25) is 0 Å². The van der Waals surface area contributed by atoms with Crippen molar-refractivity contribution in [1.29, 1.82) is 0 Å². The summed E-state index contributed by atoms with van der Waals surface area (Å²) in [6.07, 6.45) is 0.305. The number of urea groups is 1. The van der Waals surface area contributed by atoms with Gasteiger partial charge in [-0.2, -0.15) is 0 Å². The van der Waals surface area contributed by atoms with E-state index < -0.39 is 24.0 Å². The molecule has 0 radical (unpaired) electrons. The number of carbonyl (C=O) groups is 3. The van der Waals surface area contributed by atoms with Crippen LogP contribution < -0.4 is 5.32 Å². The van der Waals surface area contributed by atoms with Crippen molar-refractivity contribution in [2.75, 3.05) is 13.1 Å². The molecule has 1 N–H and O–H groups in total. The zero-order chi connectivity index (χ0) is 29.7. The van der Waals surface area contributed by atoms with Crippen molar-refractivity contribution in [2.24, 2.45) is 5.92 Å². The lowest BCUT2D eigenvalue weighted by Gasteiger charge is -2.27. The van der Waals surface area contributed by atoms with Gasteiger partial charge in [-0.05, 0) is 33.4 Å². The average molecular weight is 567 g/mol. The third-order valence-corrected chi connectivity index (χ3v) is 6.76. The summed E-state index contributed by atoms with van der Waals surface area (Å²) in [7, 11) is 0. The molecule has 42 heavy (non-hydrogen) atoms. The summed E-state index contributed by atoms with van der Waals surface area (Å²) < 4.78 is 11.0. The molecule has 218 valence electrons. The summed E-state index contributed by atoms with van der Waals surface area (Å²) in [6.45, 7) is 4.85. The van der Waals surface area contributed by atoms with Crippen molar-refractivity contribution in [1.82, 2.24) is 10.2 Å². The predicted molar refractivity (Wildman–Crippen MR) is 163 cm³/mol. The van der Waals surface area contributed by atoms with Crippen LogP contribution in [0.25, 0.3) is 10.8 Å². The summed E-state index contributed by atoms with van der Waals surface area (Å²) in [5, 5.41) is 5.04. The van der Waals surface area contributed by atoms with Crippen molar-refractivity contribution in [3.63, 3.8) is 0 Å². The SMILES string of the molecule is CC(C)CN(CCC(=O)OCc1ccccc1)C(=O)N[C@@H](Cc1ccc2ccccc2c1)C(=O)OCc1ccccc1. The maximum atomic E-state index is 13.5. The molecule has 0 spiro atoms. The number of amides is 2. The average Bonchev–Trinajstić information content (AvgIpc) is 3.01. The number of hydrogen-bond donors (Lipinski definition) is 1. The molecule has 4 rings (SSSR count). The van der Waals surface area contributed by atoms with Gasteiger partial charge in [-0.25, -0.2) is 9.59 Å². The van der Waals surface area contributed by atoms with E-state index in [2.05, 4.69) is 5.32 Å². The third kappa shape index (κ3) is 9.47. The van der Waals surface area contributed by atoms with Crippen LogP contribution in [-0.4, -0.2) is 42.0 Å². The minimum atomic E-state index is -0.915. The number of nitrogens with one attached hydrogen (secondary N) is 1. The number of ether oxygens (including phenoxy) is 2. The van der Waals surface area contributed by atoms with Crippen LogP contribution in [0.15, 0.2) is 103 Å². The van der Waals surface area contributed by atoms with E-state index in [0.717, 1.165) is 27.5 Å². The van der Waals surface area contributed by atoms with Crippen LogP contribution >= 0.6 is 0 Å². The second kappa shape index (κ2) is 15.4. The monoisotopic (exact) mass is 566 g/mol. The van der Waals surface area contributed by atoms with Crippen molar-refractivity contribution in [2.45, 2.75) is 45.9 Å². The highest BCUT2D eigenvalue weighted by atomic mass is 16.5. The van der Waals surface area contributed by atoms with Gasteiger partial charge in [0.15, 0.2) is 0 Å². The van der Waals surface area contributed by atoms with Gasteiger partial charge in [0, 0.05) is 19.5 Å². The highest BCUT2D eigenvalue weighted by molar-refractivity contribution is 5.85. The topological polar surface area (TPSA) is 84.9 Å². The van der Waals surface area contributed by atoms with Gasteiger partial charge in [0.1, 0.15) is 19.3 Å². The van der Waals surface area contributed by atoms with E-state index in [0.29, 0.717) is 6.54 Å². The van der Waals surface area contributed by atoms with E-state index in [1.54, 1.807) is 4.90 Å². The summed E-state index contributed by atoms with van der Waals surface area (Å²) in [4.78, 5) is 40.9. The maximum Gasteiger partial charge on any atom is 0.329 e. The number of fused-ring (bicyclic) bond motifs is 1. The molecule has 0 saturated carbocycles. The molecule has 7 heteroatoms. The fourth-order valence-electron chi connectivity index (χ4n) is 4.62. The van der Waals surface area contributed by atoms with Gasteiger partial charge in [-0.15, -0.1) is 0 Å². The Hall–Kier alpha value is -4.65. The minimum absolute atomic E-state index is 0.0424. The molecule has 0 unspecified atom stereocenters. The Labute approximate surface area is 247 Å². The molecular formula is C35H38N2O5. The Balaban J connectivity index is 1.43. The quantitative estimate of drug-likeness (QED) is 0.192. The van der Waals surface area contributed by atoms with Gasteiger partial charge in [0.05, 0.1) is 6.42 Å². The lowest BCUT2D eigenvalue weighted by atomic mass is 10.0. The molecule has 1 atom stereocenters. The lowest BCUT2D eigenvalue weighted by Crippen LogP contribution is -2.50. The molecule has 4 aromatic rings. The van der Waals surface area contributed by atoms with E-state index in [1.165, 1.54) is 0 Å². The second-order valence-corrected chi connectivity index (χ2v) is 10.7. The molecule has 0 aliphatic carbocycles. The van der Waals surface area contributed by atoms with Crippen LogP contribution in [0, 0.1) is 5.92 Å². The van der Waals surface area contributed by atoms with Gasteiger partial charge in [-0.1, -0.05) is 117 Å². The number of carbonyl (C=O) groups excluding carboxylic acids is 3. The van der Waals surface area contributed by atoms with Gasteiger partial charge in [0.25, 0.3) is 0 Å². The zero-order valence-electron chi connectivity index (χ0n) is 24.2. The molecule has 0 aliphatic rings. The lowest BCUT2D eigenvalue weighted by molar-refractivity contribution is -0.147. The molecule has 0 saturated heterocycles. The number of esters is 2. The number of hydrogen-bond acceptors (Lipinski definition) is 5. The molecule has 4 aromatic carbocycles. The largest absolute Gasteiger partial charge is 0.461 e. The van der Waals surface area contributed by atoms with Gasteiger partial charge in [-0.3, -0.25) is 4.79 Å². The number of benzene rings is 4. The molecule has 0 aliphatic heterocycles. The molecule has 2 amide bonds. The van der Waals surface area contributed by atoms with Gasteiger partial charge >= 0.3 is 18.0 Å². The summed E-state index contributed by atoms with van der Waals surface area (Å²) >= 11 is 0. The maximum absolute atomic E-state index is 13.5. The van der Waals surface area contributed by atoms with Crippen LogP contribution in [0.3, 0.4) is 0 Å². The fraction of sp³-hybridized carbons (Fsp3) is 0.286. The summed E-state index contributed by atoms with van der Waals surface area (Å²) in [6, 6.07) is 31.5. The first-order valence-corrected chi connectivity index (χ1v) is 14.3. The van der Waals surface area contributed by atoms with Crippen molar-refractivity contribution in [3.8, 4) is 0 Å². The molecule has 0 fully saturated rings. The Bertz CT molecular complexity index is 1460. The Kier molecular flexibility index (Phi) is 11.1.